The van der Waals surface area contributed by atoms with Crippen molar-refractivity contribution in [2.24, 2.45) is 5.92 Å². The van der Waals surface area contributed by atoms with Crippen molar-refractivity contribution in [1.82, 2.24) is 10.2 Å². The Bertz CT molecular complexity index is 193. The van der Waals surface area contributed by atoms with Crippen molar-refractivity contribution in [3.05, 3.63) is 0 Å². The van der Waals surface area contributed by atoms with Crippen molar-refractivity contribution in [3.8, 4) is 0 Å². The Kier molecular flexibility index (Phi) is 7.14. The average Bonchev–Trinajstić information content (AvgIpc) is 2.34. The zero-order chi connectivity index (χ0) is 12.7. The van der Waals surface area contributed by atoms with Crippen molar-refractivity contribution >= 4 is 0 Å². The van der Waals surface area contributed by atoms with Crippen molar-refractivity contribution < 1.29 is 0 Å². The number of nitrogens with one attached hydrogen (secondary N) is 1. The SMILES string of the molecule is CNC(C)CCCCN(C)C1CCCC(C)C1. The molecule has 0 aromatic carbocycles. The highest BCUT2D eigenvalue weighted by Gasteiger charge is 2.21. The van der Waals surface area contributed by atoms with Crippen molar-refractivity contribution in [2.45, 2.75) is 70.9 Å². The molecule has 3 unspecified atom stereocenters. The lowest BCUT2D eigenvalue weighted by Gasteiger charge is -2.34. The maximum atomic E-state index is 3.31. The highest BCUT2D eigenvalue weighted by atomic mass is 15.1. The van der Waals surface area contributed by atoms with Gasteiger partial charge in [0.15, 0.2) is 0 Å². The lowest BCUT2D eigenvalue weighted by Crippen LogP contribution is -2.36. The highest BCUT2D eigenvalue weighted by molar-refractivity contribution is 4.77. The van der Waals surface area contributed by atoms with E-state index in [1.165, 1.54) is 51.5 Å². The zero-order valence-corrected chi connectivity index (χ0v) is 12.3. The Morgan fingerprint density at radius 2 is 2.06 bits per heavy atom. The molecule has 0 aromatic heterocycles. The predicted molar refractivity (Wildman–Crippen MR) is 76.4 cm³/mol. The lowest BCUT2D eigenvalue weighted by molar-refractivity contribution is 0.161. The van der Waals surface area contributed by atoms with Crippen LogP contribution in [0.2, 0.25) is 0 Å². The number of rotatable bonds is 7. The summed E-state index contributed by atoms with van der Waals surface area (Å²) in [5.41, 5.74) is 0. The van der Waals surface area contributed by atoms with E-state index < -0.39 is 0 Å². The van der Waals surface area contributed by atoms with E-state index in [4.69, 9.17) is 0 Å². The molecule has 0 saturated heterocycles. The molecule has 0 heterocycles. The minimum Gasteiger partial charge on any atom is -0.317 e. The molecule has 2 heteroatoms. The number of nitrogens with zero attached hydrogens (tertiary/aromatic N) is 1. The van der Waals surface area contributed by atoms with Crippen LogP contribution in [0.5, 0.6) is 0 Å². The molecule has 0 bridgehead atoms. The second-order valence-corrected chi connectivity index (χ2v) is 6.09. The monoisotopic (exact) mass is 240 g/mol. The van der Waals surface area contributed by atoms with Crippen molar-refractivity contribution in [1.29, 1.82) is 0 Å². The topological polar surface area (TPSA) is 15.3 Å². The van der Waals surface area contributed by atoms with Crippen LogP contribution < -0.4 is 5.32 Å². The molecule has 17 heavy (non-hydrogen) atoms. The molecule has 3 atom stereocenters. The third kappa shape index (κ3) is 5.87. The van der Waals surface area contributed by atoms with E-state index >= 15 is 0 Å². The van der Waals surface area contributed by atoms with E-state index in [2.05, 4.69) is 38.2 Å². The van der Waals surface area contributed by atoms with Crippen molar-refractivity contribution in [3.63, 3.8) is 0 Å². The summed E-state index contributed by atoms with van der Waals surface area (Å²) in [7, 11) is 4.38. The minimum absolute atomic E-state index is 0.676. The molecule has 0 aliphatic heterocycles. The first-order valence-corrected chi connectivity index (χ1v) is 7.51. The maximum Gasteiger partial charge on any atom is 0.00947 e. The van der Waals surface area contributed by atoms with Gasteiger partial charge in [0.1, 0.15) is 0 Å². The van der Waals surface area contributed by atoms with Crippen molar-refractivity contribution in [2.75, 3.05) is 20.6 Å². The van der Waals surface area contributed by atoms with Gasteiger partial charge in [-0.25, -0.2) is 0 Å². The van der Waals surface area contributed by atoms with E-state index in [1.54, 1.807) is 0 Å². The van der Waals surface area contributed by atoms with Crippen LogP contribution in [0.3, 0.4) is 0 Å². The molecule has 0 spiro atoms. The van der Waals surface area contributed by atoms with Gasteiger partial charge >= 0.3 is 0 Å². The Morgan fingerprint density at radius 3 is 2.71 bits per heavy atom. The van der Waals surface area contributed by atoms with Gasteiger partial charge < -0.3 is 10.2 Å². The van der Waals surface area contributed by atoms with E-state index in [0.717, 1.165) is 12.0 Å². The van der Waals surface area contributed by atoms with Gasteiger partial charge in [-0.1, -0.05) is 26.2 Å². The predicted octanol–water partition coefficient (Wildman–Crippen LogP) is 3.28. The third-order valence-electron chi connectivity index (χ3n) is 4.42. The summed E-state index contributed by atoms with van der Waals surface area (Å²) in [5, 5.41) is 3.31. The van der Waals surface area contributed by atoms with E-state index in [0.29, 0.717) is 6.04 Å². The molecule has 102 valence electrons. The molecular formula is C15H32N2. The zero-order valence-electron chi connectivity index (χ0n) is 12.3. The van der Waals surface area contributed by atoms with Gasteiger partial charge in [0.05, 0.1) is 0 Å². The average molecular weight is 240 g/mol. The molecule has 1 aliphatic rings. The molecule has 1 rings (SSSR count). The van der Waals surface area contributed by atoms with Gasteiger partial charge in [-0.3, -0.25) is 0 Å². The summed E-state index contributed by atoms with van der Waals surface area (Å²) < 4.78 is 0. The molecule has 0 amide bonds. The van der Waals surface area contributed by atoms with Gasteiger partial charge in [0.2, 0.25) is 0 Å². The molecule has 1 saturated carbocycles. The maximum absolute atomic E-state index is 3.31. The Hall–Kier alpha value is -0.0800. The van der Waals surface area contributed by atoms with Crippen LogP contribution in [0.15, 0.2) is 0 Å². The summed E-state index contributed by atoms with van der Waals surface area (Å²) in [5.74, 6) is 0.945. The third-order valence-corrected chi connectivity index (χ3v) is 4.42. The van der Waals surface area contributed by atoms with Crippen LogP contribution in [0.25, 0.3) is 0 Å². The van der Waals surface area contributed by atoms with Crippen LogP contribution >= 0.6 is 0 Å². The van der Waals surface area contributed by atoms with Gasteiger partial charge in [0, 0.05) is 12.1 Å². The van der Waals surface area contributed by atoms with Gasteiger partial charge in [-0.2, -0.15) is 0 Å². The van der Waals surface area contributed by atoms with E-state index in [1.807, 2.05) is 0 Å². The fourth-order valence-electron chi connectivity index (χ4n) is 2.94. The van der Waals surface area contributed by atoms with E-state index in [-0.39, 0.29) is 0 Å². The van der Waals surface area contributed by atoms with Crippen LogP contribution in [0.4, 0.5) is 0 Å². The minimum atomic E-state index is 0.676. The molecule has 1 N–H and O–H groups in total. The molecule has 0 aromatic rings. The summed E-state index contributed by atoms with van der Waals surface area (Å²) in [6.07, 6.45) is 9.75. The fourth-order valence-corrected chi connectivity index (χ4v) is 2.94. The van der Waals surface area contributed by atoms with Crippen LogP contribution in [0, 0.1) is 5.92 Å². The lowest BCUT2D eigenvalue weighted by atomic mass is 9.86. The first-order valence-electron chi connectivity index (χ1n) is 7.51. The summed E-state index contributed by atoms with van der Waals surface area (Å²) in [6.45, 7) is 5.97. The van der Waals surface area contributed by atoms with Crippen LogP contribution in [0.1, 0.15) is 58.8 Å². The summed E-state index contributed by atoms with van der Waals surface area (Å²) in [6, 6.07) is 1.54. The first-order chi connectivity index (χ1) is 8.13. The quantitative estimate of drug-likeness (QED) is 0.687. The number of hydrogen-bond acceptors (Lipinski definition) is 2. The van der Waals surface area contributed by atoms with Gasteiger partial charge in [0.25, 0.3) is 0 Å². The van der Waals surface area contributed by atoms with Crippen LogP contribution in [-0.4, -0.2) is 37.6 Å². The largest absolute Gasteiger partial charge is 0.317 e. The second kappa shape index (κ2) is 8.10. The Balaban J connectivity index is 2.09. The first kappa shape index (κ1) is 15.0. The number of hydrogen-bond donors (Lipinski definition) is 1. The second-order valence-electron chi connectivity index (χ2n) is 6.09. The summed E-state index contributed by atoms with van der Waals surface area (Å²) >= 11 is 0. The highest BCUT2D eigenvalue weighted by Crippen LogP contribution is 2.26. The standard InChI is InChI=1S/C15H32N2/c1-13-8-7-10-15(12-13)17(4)11-6-5-9-14(2)16-3/h13-16H,5-12H2,1-4H3. The van der Waals surface area contributed by atoms with Gasteiger partial charge in [-0.05, 0) is 59.2 Å². The molecule has 1 fully saturated rings. The Morgan fingerprint density at radius 1 is 1.29 bits per heavy atom. The fraction of sp³-hybridized carbons (Fsp3) is 1.00. The van der Waals surface area contributed by atoms with Crippen LogP contribution in [-0.2, 0) is 0 Å². The summed E-state index contributed by atoms with van der Waals surface area (Å²) in [4.78, 5) is 2.61. The smallest absolute Gasteiger partial charge is 0.00947 e. The normalized spacial score (nSPS) is 27.4. The molecule has 0 radical (unpaired) electrons. The number of unbranched alkanes of at least 4 members (excludes halogenated alkanes) is 1. The van der Waals surface area contributed by atoms with E-state index in [9.17, 15) is 0 Å². The molecule has 1 aliphatic carbocycles. The Labute approximate surface area is 108 Å². The molecular weight excluding hydrogens is 208 g/mol. The molecule has 2 nitrogen and oxygen atoms in total. The van der Waals surface area contributed by atoms with Gasteiger partial charge in [-0.15, -0.1) is 0 Å².